The van der Waals surface area contributed by atoms with Gasteiger partial charge in [0.25, 0.3) is 6.71 Å². The van der Waals surface area contributed by atoms with E-state index >= 15 is 0 Å². The van der Waals surface area contributed by atoms with Crippen LogP contribution in [0.1, 0.15) is 196 Å². The number of nitrogens with zero attached hydrogens (tertiary/aromatic N) is 4. The summed E-state index contributed by atoms with van der Waals surface area (Å²) >= 11 is 0. The van der Waals surface area contributed by atoms with Crippen molar-refractivity contribution < 1.29 is 0 Å². The van der Waals surface area contributed by atoms with Crippen LogP contribution in [-0.2, 0) is 43.3 Å². The van der Waals surface area contributed by atoms with Crippen LogP contribution < -0.4 is 26.2 Å². The summed E-state index contributed by atoms with van der Waals surface area (Å²) in [6.45, 7) is 47.5. The van der Waals surface area contributed by atoms with Crippen molar-refractivity contribution in [1.82, 2.24) is 9.13 Å². The fourth-order valence-corrected chi connectivity index (χ4v) is 21.7. The molecule has 20 rings (SSSR count). The van der Waals surface area contributed by atoms with Gasteiger partial charge in [-0.05, 0) is 276 Å². The maximum absolute atomic E-state index is 2.67. The molecule has 0 N–H and O–H groups in total. The fraction of sp³-hybridized carbons (Fsp3) is 0.263. The molecule has 0 bridgehead atoms. The van der Waals surface area contributed by atoms with E-state index in [2.05, 4.69) is 443 Å². The van der Waals surface area contributed by atoms with Gasteiger partial charge in [0.1, 0.15) is 0 Å². The number of hydrogen-bond donors (Lipinski definition) is 0. The number of aromatic nitrogens is 2. The topological polar surface area (TPSA) is 16.3 Å². The standard InChI is InChI=1S/C114H111BN4/c1-107(2,3)80-40-53-100-90(63-80)91-64-81(108(4,5)6)41-54-101(91)119(100)87-66-104-106-105(67-87)117(85-44-33-73(34-45-85)77-36-48-93-95(60-77)114(19,20)69-112(93,15)16)103-65-86(118-98-50-37-74(70-27-23-21-24-28-70)57-88(98)89-58-75(38-51-99(89)118)71-29-25-22-26-30-71)46-49-96(103)115(106)97-61-78(79-55-82(109(7,8)9)62-83(56-79)110(10,11)12)39-52-102(97)116(104)84-42-31-72(32-43-84)76-35-47-92-94(59-76)113(17,18)68-111(92,13)14/h21-67H,68-69H2,1-20H3. The predicted molar refractivity (Wildman–Crippen MR) is 512 cm³/mol. The highest BCUT2D eigenvalue weighted by atomic mass is 15.2. The van der Waals surface area contributed by atoms with Gasteiger partial charge in [-0.25, -0.2) is 0 Å². The summed E-state index contributed by atoms with van der Waals surface area (Å²) in [4.78, 5) is 5.32. The van der Waals surface area contributed by atoms with Gasteiger partial charge in [-0.15, -0.1) is 0 Å². The van der Waals surface area contributed by atoms with E-state index in [1.54, 1.807) is 0 Å². The zero-order valence-corrected chi connectivity index (χ0v) is 73.4. The minimum Gasteiger partial charge on any atom is -0.311 e. The molecule has 5 heteroatoms. The summed E-state index contributed by atoms with van der Waals surface area (Å²) in [6.07, 6.45) is 2.24. The molecular formula is C114H111BN4. The van der Waals surface area contributed by atoms with Crippen LogP contribution in [0.3, 0.4) is 0 Å². The second kappa shape index (κ2) is 26.4. The number of benzene rings is 14. The minimum absolute atomic E-state index is 0.0493. The van der Waals surface area contributed by atoms with E-state index < -0.39 is 0 Å². The molecule has 0 atom stereocenters. The Morgan fingerprint density at radius 2 is 0.580 bits per heavy atom. The van der Waals surface area contributed by atoms with E-state index in [0.29, 0.717) is 0 Å². The van der Waals surface area contributed by atoms with Gasteiger partial charge in [0.05, 0.1) is 27.8 Å². The first-order chi connectivity index (χ1) is 56.4. The number of hydrogen-bond acceptors (Lipinski definition) is 2. The molecule has 2 aliphatic heterocycles. The minimum atomic E-state index is -0.230. The zero-order chi connectivity index (χ0) is 82.9. The average Bonchev–Trinajstić information content (AvgIpc) is 1.36. The Kier molecular flexibility index (Phi) is 16.9. The van der Waals surface area contributed by atoms with Crippen molar-refractivity contribution in [1.29, 1.82) is 0 Å². The van der Waals surface area contributed by atoms with E-state index in [-0.39, 0.29) is 50.0 Å². The molecule has 4 nitrogen and oxygen atoms in total. The van der Waals surface area contributed by atoms with Crippen molar-refractivity contribution in [2.24, 2.45) is 0 Å². The Bertz CT molecular complexity index is 6660. The largest absolute Gasteiger partial charge is 0.311 e. The van der Waals surface area contributed by atoms with Crippen LogP contribution in [0.4, 0.5) is 34.1 Å². The quantitative estimate of drug-likeness (QED) is 0.134. The Hall–Kier alpha value is -11.7. The molecule has 14 aromatic carbocycles. The second-order valence-electron chi connectivity index (χ2n) is 42.2. The van der Waals surface area contributed by atoms with E-state index in [4.69, 9.17) is 0 Å². The normalized spacial score (nSPS) is 15.7. The van der Waals surface area contributed by atoms with Crippen LogP contribution in [-0.4, -0.2) is 15.8 Å². The molecular weight excluding hydrogens is 1440 g/mol. The molecule has 2 aliphatic carbocycles. The van der Waals surface area contributed by atoms with E-state index in [9.17, 15) is 0 Å². The van der Waals surface area contributed by atoms with Crippen LogP contribution in [0.2, 0.25) is 0 Å². The molecule has 16 aromatic rings. The maximum atomic E-state index is 2.67. The summed E-state index contributed by atoms with van der Waals surface area (Å²) < 4.78 is 5.16. The SMILES string of the molecule is CC(C)(C)c1cc(-c2ccc3c(c2)B2c4ccc(-n5c6ccc(-c7ccccc7)cc6c6cc(-c7ccccc7)ccc65)cc4N(c4ccc(-c5ccc6c(c5)C(C)(C)CC6(C)C)cc4)c4cc(-n5c6ccc(C(C)(C)C)cc6c6cc(C(C)(C)C)ccc65)cc(c42)N3c2ccc(-c3ccc4c(c3)C(C)(C)CC4(C)C)cc2)cc(C(C)(C)C)c1. The monoisotopic (exact) mass is 1550 g/mol. The second-order valence-corrected chi connectivity index (χ2v) is 42.2. The summed E-state index contributed by atoms with van der Waals surface area (Å²) in [5.74, 6) is 0. The molecule has 0 spiro atoms. The van der Waals surface area contributed by atoms with Gasteiger partial charge >= 0.3 is 0 Å². The third-order valence-electron chi connectivity index (χ3n) is 27.7. The Balaban J connectivity index is 0.892. The van der Waals surface area contributed by atoms with Crippen molar-refractivity contribution in [3.05, 3.63) is 330 Å². The van der Waals surface area contributed by atoms with Crippen molar-refractivity contribution in [2.45, 2.75) is 195 Å². The lowest BCUT2D eigenvalue weighted by molar-refractivity contribution is 0.402. The first kappa shape index (κ1) is 76.1. The molecule has 0 saturated heterocycles. The van der Waals surface area contributed by atoms with Crippen LogP contribution in [0.25, 0.3) is 111 Å². The number of rotatable bonds is 9. The highest BCUT2D eigenvalue weighted by molar-refractivity contribution is 7.00. The molecule has 0 amide bonds. The van der Waals surface area contributed by atoms with Gasteiger partial charge in [0, 0.05) is 61.4 Å². The molecule has 0 radical (unpaired) electrons. The smallest absolute Gasteiger partial charge is 0.252 e. The van der Waals surface area contributed by atoms with Gasteiger partial charge in [-0.3, -0.25) is 0 Å². The van der Waals surface area contributed by atoms with E-state index in [1.165, 1.54) is 149 Å². The first-order valence-electron chi connectivity index (χ1n) is 43.5. The third-order valence-corrected chi connectivity index (χ3v) is 27.7. The van der Waals surface area contributed by atoms with Crippen molar-refractivity contribution in [2.75, 3.05) is 9.80 Å². The van der Waals surface area contributed by atoms with Crippen LogP contribution in [0.15, 0.2) is 285 Å². The lowest BCUT2D eigenvalue weighted by Crippen LogP contribution is -2.61. The first-order valence-corrected chi connectivity index (χ1v) is 43.5. The molecule has 0 saturated carbocycles. The Labute approximate surface area is 706 Å². The van der Waals surface area contributed by atoms with Crippen molar-refractivity contribution in [3.8, 4) is 67.0 Å². The Morgan fingerprint density at radius 3 is 1.03 bits per heavy atom. The summed E-state index contributed by atoms with van der Waals surface area (Å²) in [5.41, 5.74) is 40.7. The highest BCUT2D eigenvalue weighted by Gasteiger charge is 2.47. The molecule has 119 heavy (non-hydrogen) atoms. The third kappa shape index (κ3) is 12.5. The summed E-state index contributed by atoms with van der Waals surface area (Å²) in [7, 11) is 0. The lowest BCUT2D eigenvalue weighted by Gasteiger charge is -2.44. The average molecular weight is 1550 g/mol. The van der Waals surface area contributed by atoms with Gasteiger partial charge in [0.2, 0.25) is 0 Å². The highest BCUT2D eigenvalue weighted by Crippen LogP contribution is 2.55. The van der Waals surface area contributed by atoms with Crippen molar-refractivity contribution >= 4 is 101 Å². The van der Waals surface area contributed by atoms with Gasteiger partial charge < -0.3 is 18.9 Å². The molecule has 0 unspecified atom stereocenters. The van der Waals surface area contributed by atoms with E-state index in [1.807, 2.05) is 0 Å². The molecule has 590 valence electrons. The lowest BCUT2D eigenvalue weighted by atomic mass is 9.33. The van der Waals surface area contributed by atoms with Crippen LogP contribution in [0, 0.1) is 0 Å². The molecule has 4 heterocycles. The van der Waals surface area contributed by atoms with Crippen LogP contribution >= 0.6 is 0 Å². The molecule has 0 fully saturated rings. The van der Waals surface area contributed by atoms with Crippen molar-refractivity contribution in [3.63, 3.8) is 0 Å². The maximum Gasteiger partial charge on any atom is 0.252 e. The number of anilines is 6. The van der Waals surface area contributed by atoms with Gasteiger partial charge in [0.15, 0.2) is 0 Å². The van der Waals surface area contributed by atoms with E-state index in [0.717, 1.165) is 69.4 Å². The predicted octanol–water partition coefficient (Wildman–Crippen LogP) is 29.4. The van der Waals surface area contributed by atoms with Gasteiger partial charge in [-0.1, -0.05) is 320 Å². The number of fused-ring (bicyclic) bond motifs is 12. The Morgan fingerprint density at radius 1 is 0.235 bits per heavy atom. The summed E-state index contributed by atoms with van der Waals surface area (Å²) in [5, 5.41) is 4.95. The summed E-state index contributed by atoms with van der Waals surface area (Å²) in [6, 6.07) is 112. The fourth-order valence-electron chi connectivity index (χ4n) is 21.7. The van der Waals surface area contributed by atoms with Gasteiger partial charge in [-0.2, -0.15) is 0 Å². The molecule has 2 aromatic heterocycles. The molecule has 4 aliphatic rings. The van der Waals surface area contributed by atoms with Crippen LogP contribution in [0.5, 0.6) is 0 Å². The zero-order valence-electron chi connectivity index (χ0n) is 73.4.